The van der Waals surface area contributed by atoms with Crippen LogP contribution in [0.1, 0.15) is 41.6 Å². The monoisotopic (exact) mass is 431 g/mol. The van der Waals surface area contributed by atoms with E-state index in [4.69, 9.17) is 4.74 Å². The normalized spacial score (nSPS) is 22.1. The highest BCUT2D eigenvalue weighted by atomic mass is 19.1. The van der Waals surface area contributed by atoms with Gasteiger partial charge in [-0.15, -0.1) is 0 Å². The summed E-state index contributed by atoms with van der Waals surface area (Å²) >= 11 is 0. The van der Waals surface area contributed by atoms with Crippen LogP contribution < -0.4 is 4.74 Å². The third kappa shape index (κ3) is 3.97. The van der Waals surface area contributed by atoms with Crippen LogP contribution in [0.3, 0.4) is 0 Å². The summed E-state index contributed by atoms with van der Waals surface area (Å²) in [5.41, 5.74) is 3.75. The zero-order valence-electron chi connectivity index (χ0n) is 18.1. The summed E-state index contributed by atoms with van der Waals surface area (Å²) in [4.78, 5) is 24.1. The van der Waals surface area contributed by atoms with Crippen LogP contribution in [-0.2, 0) is 0 Å². The van der Waals surface area contributed by atoms with E-state index in [9.17, 15) is 9.18 Å². The van der Waals surface area contributed by atoms with Crippen LogP contribution in [0.25, 0.3) is 11.1 Å². The number of ether oxygens (including phenoxy) is 1. The molecule has 1 unspecified atom stereocenters. The van der Waals surface area contributed by atoms with Crippen molar-refractivity contribution in [2.45, 2.75) is 44.7 Å². The Hall–Kier alpha value is -3.28. The Morgan fingerprint density at radius 3 is 2.69 bits per heavy atom. The fourth-order valence-electron chi connectivity index (χ4n) is 5.17. The van der Waals surface area contributed by atoms with Gasteiger partial charge in [-0.3, -0.25) is 9.78 Å². The third-order valence-electron chi connectivity index (χ3n) is 6.74. The molecule has 2 aliphatic rings. The molecule has 0 aliphatic carbocycles. The predicted octanol–water partition coefficient (Wildman–Crippen LogP) is 5.05. The van der Waals surface area contributed by atoms with Crippen molar-refractivity contribution in [3.05, 3.63) is 78.0 Å². The molecule has 2 fully saturated rings. The van der Waals surface area contributed by atoms with Crippen molar-refractivity contribution in [3.8, 4) is 17.0 Å². The molecule has 3 aromatic rings. The van der Waals surface area contributed by atoms with E-state index in [2.05, 4.69) is 14.9 Å². The molecule has 5 nitrogen and oxygen atoms in total. The molecular weight excluding hydrogens is 405 g/mol. The molecule has 2 aromatic heterocycles. The topological polar surface area (TPSA) is 55.3 Å². The number of fused-ring (bicyclic) bond motifs is 2. The summed E-state index contributed by atoms with van der Waals surface area (Å²) in [6.45, 7) is 2.50. The van der Waals surface area contributed by atoms with Crippen LogP contribution in [-0.4, -0.2) is 39.5 Å². The number of hydrogen-bond donors (Lipinski definition) is 0. The number of nitrogens with zero attached hydrogens (tertiary/aromatic N) is 3. The van der Waals surface area contributed by atoms with E-state index in [1.807, 2.05) is 37.3 Å². The summed E-state index contributed by atoms with van der Waals surface area (Å²) in [6, 6.07) is 13.3. The molecule has 5 rings (SSSR count). The lowest BCUT2D eigenvalue weighted by Crippen LogP contribution is -2.49. The van der Waals surface area contributed by atoms with Crippen molar-refractivity contribution in [3.63, 3.8) is 0 Å². The van der Waals surface area contributed by atoms with Gasteiger partial charge in [-0.1, -0.05) is 17.7 Å². The zero-order valence-corrected chi connectivity index (χ0v) is 18.1. The number of halogens is 1. The number of carbonyl (C=O) groups is 1. The molecule has 0 spiro atoms. The van der Waals surface area contributed by atoms with E-state index in [-0.39, 0.29) is 29.7 Å². The second kappa shape index (κ2) is 8.69. The number of aromatic nitrogens is 2. The van der Waals surface area contributed by atoms with Gasteiger partial charge in [-0.2, -0.15) is 0 Å². The van der Waals surface area contributed by atoms with Gasteiger partial charge in [0.1, 0.15) is 5.82 Å². The number of aryl methyl sites for hydroxylation is 1. The number of piperidine rings is 1. The van der Waals surface area contributed by atoms with Crippen LogP contribution in [0.5, 0.6) is 5.88 Å². The van der Waals surface area contributed by atoms with E-state index < -0.39 is 0 Å². The van der Waals surface area contributed by atoms with Gasteiger partial charge in [0.15, 0.2) is 0 Å². The molecule has 0 radical (unpaired) electrons. The Balaban J connectivity index is 1.39. The summed E-state index contributed by atoms with van der Waals surface area (Å²) in [7, 11) is 0. The van der Waals surface area contributed by atoms with Gasteiger partial charge in [-0.25, -0.2) is 9.37 Å². The van der Waals surface area contributed by atoms with Crippen LogP contribution in [0.4, 0.5) is 4.39 Å². The third-order valence-corrected chi connectivity index (χ3v) is 6.74. The first-order valence-corrected chi connectivity index (χ1v) is 11.2. The van der Waals surface area contributed by atoms with Gasteiger partial charge < -0.3 is 9.64 Å². The summed E-state index contributed by atoms with van der Waals surface area (Å²) in [5, 5.41) is 0. The fraction of sp³-hybridized carbons (Fsp3) is 0.346. The van der Waals surface area contributed by atoms with Crippen LogP contribution in [0, 0.1) is 18.7 Å². The predicted molar refractivity (Wildman–Crippen MR) is 120 cm³/mol. The molecule has 164 valence electrons. The average Bonchev–Trinajstić information content (AvgIpc) is 3.13. The average molecular weight is 432 g/mol. The maximum Gasteiger partial charge on any atom is 0.255 e. The highest BCUT2D eigenvalue weighted by Gasteiger charge is 2.45. The van der Waals surface area contributed by atoms with Crippen molar-refractivity contribution in [2.75, 3.05) is 6.61 Å². The minimum absolute atomic E-state index is 0.0950. The van der Waals surface area contributed by atoms with Crippen molar-refractivity contribution in [2.24, 2.45) is 5.92 Å². The molecular formula is C26H26FN3O2. The maximum atomic E-state index is 13.9. The Morgan fingerprint density at radius 2 is 1.91 bits per heavy atom. The summed E-state index contributed by atoms with van der Waals surface area (Å²) in [6.07, 6.45) is 8.68. The highest BCUT2D eigenvalue weighted by Crippen LogP contribution is 2.41. The highest BCUT2D eigenvalue weighted by molar-refractivity contribution is 6.01. The fourth-order valence-corrected chi connectivity index (χ4v) is 5.17. The lowest BCUT2D eigenvalue weighted by atomic mass is 9.89. The molecule has 1 amide bonds. The molecule has 2 saturated heterocycles. The summed E-state index contributed by atoms with van der Waals surface area (Å²) in [5.74, 6) is 0.369. The lowest BCUT2D eigenvalue weighted by Gasteiger charge is -2.40. The minimum Gasteiger partial charge on any atom is -0.477 e. The molecule has 3 atom stereocenters. The smallest absolute Gasteiger partial charge is 0.255 e. The van der Waals surface area contributed by atoms with Gasteiger partial charge in [0.25, 0.3) is 5.91 Å². The molecule has 0 saturated carbocycles. The quantitative estimate of drug-likeness (QED) is 0.567. The molecule has 6 heteroatoms. The standard InChI is InChI=1S/C26H26FN3O2/c1-17-2-7-22(18-10-12-28-13-11-18)23(14-17)26(31)30-21-5-3-19(24(30)8-6-21)16-32-25-9-4-20(27)15-29-25/h2,4,7,9-15,19,21,24H,3,5-6,8,16H2,1H3/t19-,21-,24?/m1/s1. The number of hydrogen-bond acceptors (Lipinski definition) is 4. The van der Waals surface area contributed by atoms with Gasteiger partial charge in [0.05, 0.1) is 12.8 Å². The van der Waals surface area contributed by atoms with E-state index in [1.54, 1.807) is 18.5 Å². The van der Waals surface area contributed by atoms with E-state index in [0.29, 0.717) is 12.5 Å². The van der Waals surface area contributed by atoms with Crippen molar-refractivity contribution < 1.29 is 13.9 Å². The molecule has 2 bridgehead atoms. The number of carbonyl (C=O) groups excluding carboxylic acids is 1. The van der Waals surface area contributed by atoms with Crippen molar-refractivity contribution >= 4 is 5.91 Å². The van der Waals surface area contributed by atoms with Gasteiger partial charge in [-0.05, 0) is 68.0 Å². The Morgan fingerprint density at radius 1 is 1.09 bits per heavy atom. The molecule has 32 heavy (non-hydrogen) atoms. The molecule has 4 heterocycles. The van der Waals surface area contributed by atoms with Crippen molar-refractivity contribution in [1.29, 1.82) is 0 Å². The van der Waals surface area contributed by atoms with Crippen LogP contribution in [0.2, 0.25) is 0 Å². The Labute approximate surface area is 187 Å². The van der Waals surface area contributed by atoms with Gasteiger partial charge in [0, 0.05) is 42.0 Å². The van der Waals surface area contributed by atoms with E-state index >= 15 is 0 Å². The first kappa shape index (κ1) is 20.6. The number of amides is 1. The molecule has 0 N–H and O–H groups in total. The van der Waals surface area contributed by atoms with E-state index in [0.717, 1.165) is 54.1 Å². The molecule has 2 aliphatic heterocycles. The SMILES string of the molecule is Cc1ccc(-c2ccncc2)c(C(=O)N2C3CC[C@H]2CC[C@@H]3COc2ccc(F)cn2)c1. The summed E-state index contributed by atoms with van der Waals surface area (Å²) < 4.78 is 19.0. The van der Waals surface area contributed by atoms with Gasteiger partial charge >= 0.3 is 0 Å². The first-order chi connectivity index (χ1) is 15.6. The number of rotatable bonds is 5. The zero-order chi connectivity index (χ0) is 22.1. The molecule has 1 aromatic carbocycles. The first-order valence-electron chi connectivity index (χ1n) is 11.2. The lowest BCUT2D eigenvalue weighted by molar-refractivity contribution is 0.0403. The largest absolute Gasteiger partial charge is 0.477 e. The second-order valence-corrected chi connectivity index (χ2v) is 8.76. The van der Waals surface area contributed by atoms with Crippen LogP contribution >= 0.6 is 0 Å². The van der Waals surface area contributed by atoms with E-state index in [1.165, 1.54) is 6.07 Å². The van der Waals surface area contributed by atoms with Crippen molar-refractivity contribution in [1.82, 2.24) is 14.9 Å². The maximum absolute atomic E-state index is 13.9. The van der Waals surface area contributed by atoms with Gasteiger partial charge in [0.2, 0.25) is 5.88 Å². The Kier molecular flexibility index (Phi) is 5.60. The number of pyridine rings is 2. The second-order valence-electron chi connectivity index (χ2n) is 8.76. The Bertz CT molecular complexity index is 1100. The minimum atomic E-state index is -0.381. The number of benzene rings is 1. The van der Waals surface area contributed by atoms with Crippen LogP contribution in [0.15, 0.2) is 61.1 Å².